The molecule has 0 saturated heterocycles. The van der Waals surface area contributed by atoms with Crippen molar-refractivity contribution in [3.8, 4) is 0 Å². The Hall–Kier alpha value is -2.29. The van der Waals surface area contributed by atoms with Crippen molar-refractivity contribution in [3.63, 3.8) is 0 Å². The lowest BCUT2D eigenvalue weighted by atomic mass is 9.68. The van der Waals surface area contributed by atoms with Crippen LogP contribution in [0.25, 0.3) is 0 Å². The average molecular weight is 332 g/mol. The fourth-order valence-corrected chi connectivity index (χ4v) is 5.76. The second-order valence-electron chi connectivity index (χ2n) is 7.85. The van der Waals surface area contributed by atoms with Crippen LogP contribution in [0, 0.1) is 17.8 Å². The Morgan fingerprint density at radius 3 is 2.68 bits per heavy atom. The third-order valence-corrected chi connectivity index (χ3v) is 6.74. The number of anilines is 1. The molecule has 2 N–H and O–H groups in total. The summed E-state index contributed by atoms with van der Waals surface area (Å²) in [6.45, 7) is 0. The van der Waals surface area contributed by atoms with Crippen molar-refractivity contribution < 1.29 is 4.79 Å². The van der Waals surface area contributed by atoms with E-state index in [-0.39, 0.29) is 5.91 Å². The van der Waals surface area contributed by atoms with Crippen LogP contribution >= 0.6 is 0 Å². The number of hydrogen-bond acceptors (Lipinski definition) is 2. The van der Waals surface area contributed by atoms with Crippen molar-refractivity contribution in [3.05, 3.63) is 65.2 Å². The van der Waals surface area contributed by atoms with Gasteiger partial charge in [-0.1, -0.05) is 30.3 Å². The number of carbonyl (C=O) groups is 1. The number of fused-ring (bicyclic) bond motifs is 7. The molecular weight excluding hydrogens is 308 g/mol. The molecule has 2 fully saturated rings. The molecule has 5 unspecified atom stereocenters. The second kappa shape index (κ2) is 5.62. The van der Waals surface area contributed by atoms with Gasteiger partial charge in [-0.2, -0.15) is 0 Å². The van der Waals surface area contributed by atoms with Gasteiger partial charge in [0.2, 0.25) is 0 Å². The lowest BCUT2D eigenvalue weighted by Gasteiger charge is -2.43. The van der Waals surface area contributed by atoms with E-state index in [2.05, 4.69) is 53.1 Å². The van der Waals surface area contributed by atoms with Gasteiger partial charge in [-0.15, -0.1) is 0 Å². The third kappa shape index (κ3) is 2.21. The van der Waals surface area contributed by atoms with Crippen LogP contribution < -0.4 is 10.6 Å². The summed E-state index contributed by atoms with van der Waals surface area (Å²) in [5.41, 5.74) is 4.76. The van der Waals surface area contributed by atoms with Gasteiger partial charge in [-0.25, -0.2) is 0 Å². The molecule has 128 valence electrons. The number of amides is 1. The van der Waals surface area contributed by atoms with Gasteiger partial charge in [0.05, 0.1) is 6.04 Å². The maximum atomic E-state index is 12.1. The Labute approximate surface area is 148 Å². The molecule has 2 aliphatic carbocycles. The van der Waals surface area contributed by atoms with E-state index >= 15 is 0 Å². The highest BCUT2D eigenvalue weighted by molar-refractivity contribution is 5.94. The first kappa shape index (κ1) is 15.0. The smallest absolute Gasteiger partial charge is 0.251 e. The lowest BCUT2D eigenvalue weighted by Crippen LogP contribution is -2.35. The molecule has 5 atom stereocenters. The maximum absolute atomic E-state index is 12.1. The molecule has 1 heterocycles. The Balaban J connectivity index is 1.61. The maximum Gasteiger partial charge on any atom is 0.251 e. The summed E-state index contributed by atoms with van der Waals surface area (Å²) in [4.78, 5) is 12.1. The molecular formula is C22H24N2O. The molecule has 0 aromatic heterocycles. The number of nitrogens with one attached hydrogen (secondary N) is 2. The monoisotopic (exact) mass is 332 g/mol. The van der Waals surface area contributed by atoms with Gasteiger partial charge >= 0.3 is 0 Å². The molecule has 2 saturated carbocycles. The van der Waals surface area contributed by atoms with Crippen LogP contribution in [-0.4, -0.2) is 13.0 Å². The van der Waals surface area contributed by atoms with Crippen LogP contribution in [0.5, 0.6) is 0 Å². The Morgan fingerprint density at radius 2 is 1.88 bits per heavy atom. The summed E-state index contributed by atoms with van der Waals surface area (Å²) in [6, 6.07) is 17.5. The van der Waals surface area contributed by atoms with Crippen LogP contribution in [0.1, 0.15) is 52.7 Å². The molecule has 1 amide bonds. The van der Waals surface area contributed by atoms with Gasteiger partial charge in [0.25, 0.3) is 5.91 Å². The standard InChI is InChI=1S/C22H24N2O/c1-23-22(25)16-9-10-18-17(12-16)19-14-7-8-15(11-14)20(19)21(24-18)13-5-3-2-4-6-13/h2-6,9-10,12,14-15,19-21,24H,7-8,11H2,1H3,(H,23,25). The lowest BCUT2D eigenvalue weighted by molar-refractivity contribution is 0.0963. The predicted octanol–water partition coefficient (Wildman–Crippen LogP) is 4.34. The highest BCUT2D eigenvalue weighted by atomic mass is 16.1. The molecule has 0 radical (unpaired) electrons. The van der Waals surface area contributed by atoms with Crippen molar-refractivity contribution in [2.24, 2.45) is 17.8 Å². The number of hydrogen-bond donors (Lipinski definition) is 2. The van der Waals surface area contributed by atoms with Gasteiger partial charge in [0.15, 0.2) is 0 Å². The Morgan fingerprint density at radius 1 is 1.08 bits per heavy atom. The van der Waals surface area contributed by atoms with E-state index in [9.17, 15) is 4.79 Å². The van der Waals surface area contributed by atoms with E-state index in [0.717, 1.165) is 17.4 Å². The first-order chi connectivity index (χ1) is 12.3. The fraction of sp³-hybridized carbons (Fsp3) is 0.409. The fourth-order valence-electron chi connectivity index (χ4n) is 5.76. The Kier molecular flexibility index (Phi) is 3.37. The van der Waals surface area contributed by atoms with Crippen LogP contribution in [0.4, 0.5) is 5.69 Å². The zero-order valence-electron chi connectivity index (χ0n) is 14.5. The minimum atomic E-state index is 0.00712. The summed E-state index contributed by atoms with van der Waals surface area (Å²) < 4.78 is 0. The van der Waals surface area contributed by atoms with Gasteiger partial charge < -0.3 is 10.6 Å². The van der Waals surface area contributed by atoms with Crippen LogP contribution in [0.15, 0.2) is 48.5 Å². The second-order valence-corrected chi connectivity index (χ2v) is 7.85. The largest absolute Gasteiger partial charge is 0.378 e. The van der Waals surface area contributed by atoms with E-state index in [1.165, 1.54) is 36.1 Å². The molecule has 3 heteroatoms. The summed E-state index contributed by atoms with van der Waals surface area (Å²) in [5, 5.41) is 6.58. The van der Waals surface area contributed by atoms with E-state index in [4.69, 9.17) is 0 Å². The Bertz CT molecular complexity index is 816. The highest BCUT2D eigenvalue weighted by Crippen LogP contribution is 2.63. The van der Waals surface area contributed by atoms with Crippen LogP contribution in [0.2, 0.25) is 0 Å². The molecule has 3 nitrogen and oxygen atoms in total. The third-order valence-electron chi connectivity index (χ3n) is 6.74. The van der Waals surface area contributed by atoms with Gasteiger partial charge in [0, 0.05) is 18.3 Å². The predicted molar refractivity (Wildman–Crippen MR) is 99.7 cm³/mol. The molecule has 5 rings (SSSR count). The molecule has 1 aliphatic heterocycles. The minimum Gasteiger partial charge on any atom is -0.378 e. The zero-order chi connectivity index (χ0) is 17.0. The molecule has 2 aromatic carbocycles. The number of benzene rings is 2. The average Bonchev–Trinajstić information content (AvgIpc) is 3.29. The molecule has 2 bridgehead atoms. The van der Waals surface area contributed by atoms with E-state index in [1.54, 1.807) is 7.05 Å². The topological polar surface area (TPSA) is 41.1 Å². The van der Waals surface area contributed by atoms with E-state index in [0.29, 0.717) is 17.9 Å². The number of rotatable bonds is 2. The summed E-state index contributed by atoms with van der Waals surface area (Å²) >= 11 is 0. The van der Waals surface area contributed by atoms with Gasteiger partial charge in [-0.05, 0) is 72.3 Å². The first-order valence-electron chi connectivity index (χ1n) is 9.44. The normalized spacial score (nSPS) is 31.8. The van der Waals surface area contributed by atoms with Crippen LogP contribution in [-0.2, 0) is 0 Å². The van der Waals surface area contributed by atoms with Crippen molar-refractivity contribution in [1.82, 2.24) is 5.32 Å². The van der Waals surface area contributed by atoms with Crippen molar-refractivity contribution >= 4 is 11.6 Å². The van der Waals surface area contributed by atoms with Gasteiger partial charge in [-0.3, -0.25) is 4.79 Å². The SMILES string of the molecule is CNC(=O)c1ccc2c(c1)C1C3CCC(C3)C1C(c1ccccc1)N2. The quantitative estimate of drug-likeness (QED) is 0.859. The van der Waals surface area contributed by atoms with Crippen molar-refractivity contribution in [2.45, 2.75) is 31.2 Å². The molecule has 0 spiro atoms. The molecule has 25 heavy (non-hydrogen) atoms. The van der Waals surface area contributed by atoms with Crippen molar-refractivity contribution in [2.75, 3.05) is 12.4 Å². The highest BCUT2D eigenvalue weighted by Gasteiger charge is 2.53. The van der Waals surface area contributed by atoms with Crippen molar-refractivity contribution in [1.29, 1.82) is 0 Å². The van der Waals surface area contributed by atoms with Gasteiger partial charge in [0.1, 0.15) is 0 Å². The summed E-state index contributed by atoms with van der Waals surface area (Å²) in [5.74, 6) is 2.83. The first-order valence-corrected chi connectivity index (χ1v) is 9.44. The minimum absolute atomic E-state index is 0.00712. The van der Waals surface area contributed by atoms with E-state index < -0.39 is 0 Å². The zero-order valence-corrected chi connectivity index (χ0v) is 14.5. The van der Waals surface area contributed by atoms with Crippen LogP contribution in [0.3, 0.4) is 0 Å². The molecule has 3 aliphatic rings. The van der Waals surface area contributed by atoms with E-state index in [1.807, 2.05) is 6.07 Å². The number of carbonyl (C=O) groups excluding carboxylic acids is 1. The molecule has 2 aromatic rings. The summed E-state index contributed by atoms with van der Waals surface area (Å²) in [7, 11) is 1.70. The summed E-state index contributed by atoms with van der Waals surface area (Å²) in [6.07, 6.45) is 4.06.